The molecule has 116 valence electrons. The van der Waals surface area contributed by atoms with Crippen LogP contribution in [0.3, 0.4) is 0 Å². The summed E-state index contributed by atoms with van der Waals surface area (Å²) in [5.74, 6) is -0.282. The van der Waals surface area contributed by atoms with Crippen molar-refractivity contribution in [2.24, 2.45) is 0 Å². The van der Waals surface area contributed by atoms with E-state index in [1.807, 2.05) is 38.2 Å². The van der Waals surface area contributed by atoms with Crippen LogP contribution in [0, 0.1) is 0 Å². The average Bonchev–Trinajstić information content (AvgIpc) is 2.41. The molecule has 1 atom stereocenters. The maximum absolute atomic E-state index is 11.7. The highest BCUT2D eigenvalue weighted by atomic mass is 35.5. The Morgan fingerprint density at radius 2 is 1.90 bits per heavy atom. The number of hydrogen-bond donors (Lipinski definition) is 3. The number of likely N-dealkylation sites (N-methyl/N-ethyl adjacent to an activating group) is 1. The van der Waals surface area contributed by atoms with Crippen molar-refractivity contribution in [3.63, 3.8) is 0 Å². The normalized spacial score (nSPS) is 11.8. The van der Waals surface area contributed by atoms with Gasteiger partial charge in [0.05, 0.1) is 7.05 Å². The summed E-state index contributed by atoms with van der Waals surface area (Å²) in [6, 6.07) is 7.09. The molecule has 1 aromatic rings. The Labute approximate surface area is 130 Å². The monoisotopic (exact) mass is 312 g/mol. The van der Waals surface area contributed by atoms with Crippen LogP contribution in [0.15, 0.2) is 24.3 Å². The van der Waals surface area contributed by atoms with Crippen LogP contribution in [0.2, 0.25) is 5.02 Å². The molecule has 1 rings (SSSR count). The number of carbonyl (C=O) groups is 2. The summed E-state index contributed by atoms with van der Waals surface area (Å²) in [7, 11) is 1.91. The Bertz CT molecular complexity index is 462. The molecule has 0 aromatic heterocycles. The second-order valence-electron chi connectivity index (χ2n) is 5.09. The lowest BCUT2D eigenvalue weighted by Crippen LogP contribution is -3.09. The standard InChI is InChI=1S/C15H22ClN3O2/c1-3-4-9-17-15(21)18-14(20)11-19(2)10-12-5-7-13(16)8-6-12/h5-8H,3-4,9-11H2,1-2H3,(H2,17,18,20,21)/p+1. The number of benzene rings is 1. The van der Waals surface area contributed by atoms with Crippen molar-refractivity contribution in [3.05, 3.63) is 34.9 Å². The van der Waals surface area contributed by atoms with Crippen molar-refractivity contribution in [1.29, 1.82) is 0 Å². The van der Waals surface area contributed by atoms with Gasteiger partial charge in [0, 0.05) is 17.1 Å². The summed E-state index contributed by atoms with van der Waals surface area (Å²) in [5.41, 5.74) is 1.09. The molecule has 21 heavy (non-hydrogen) atoms. The van der Waals surface area contributed by atoms with Crippen LogP contribution in [0.4, 0.5) is 4.79 Å². The van der Waals surface area contributed by atoms with Crippen LogP contribution in [0.1, 0.15) is 25.3 Å². The van der Waals surface area contributed by atoms with Crippen LogP contribution in [-0.4, -0.2) is 32.1 Å². The van der Waals surface area contributed by atoms with Crippen molar-refractivity contribution in [2.45, 2.75) is 26.3 Å². The predicted octanol–water partition coefficient (Wildman–Crippen LogP) is 0.981. The second-order valence-corrected chi connectivity index (χ2v) is 5.53. The first-order chi connectivity index (χ1) is 10.0. The summed E-state index contributed by atoms with van der Waals surface area (Å²) in [6.45, 7) is 3.56. The fourth-order valence-corrected chi connectivity index (χ4v) is 2.01. The number of imide groups is 1. The molecular formula is C15H23ClN3O2+. The highest BCUT2D eigenvalue weighted by Gasteiger charge is 2.13. The third-order valence-corrected chi connectivity index (χ3v) is 3.20. The van der Waals surface area contributed by atoms with Gasteiger partial charge in [0.1, 0.15) is 6.54 Å². The SMILES string of the molecule is CCCCNC(=O)NC(=O)C[NH+](C)Cc1ccc(Cl)cc1. The molecule has 0 aliphatic rings. The molecule has 0 radical (unpaired) electrons. The molecule has 6 heteroatoms. The Balaban J connectivity index is 2.30. The Morgan fingerprint density at radius 1 is 1.24 bits per heavy atom. The van der Waals surface area contributed by atoms with Gasteiger partial charge in [-0.3, -0.25) is 10.1 Å². The number of halogens is 1. The Hall–Kier alpha value is -1.59. The van der Waals surface area contributed by atoms with Crippen LogP contribution >= 0.6 is 11.6 Å². The van der Waals surface area contributed by atoms with E-state index >= 15 is 0 Å². The molecule has 0 spiro atoms. The van der Waals surface area contributed by atoms with E-state index in [4.69, 9.17) is 11.6 Å². The van der Waals surface area contributed by atoms with Crippen LogP contribution in [0.5, 0.6) is 0 Å². The molecule has 0 aliphatic carbocycles. The lowest BCUT2D eigenvalue weighted by molar-refractivity contribution is -0.885. The molecule has 0 aliphatic heterocycles. The first-order valence-electron chi connectivity index (χ1n) is 7.14. The molecule has 1 unspecified atom stereocenters. The van der Waals surface area contributed by atoms with Gasteiger partial charge in [0.15, 0.2) is 6.54 Å². The largest absolute Gasteiger partial charge is 0.338 e. The van der Waals surface area contributed by atoms with Crippen molar-refractivity contribution < 1.29 is 14.5 Å². The summed E-state index contributed by atoms with van der Waals surface area (Å²) in [6.07, 6.45) is 1.91. The topological polar surface area (TPSA) is 62.6 Å². The first-order valence-corrected chi connectivity index (χ1v) is 7.52. The summed E-state index contributed by atoms with van der Waals surface area (Å²) < 4.78 is 0. The van der Waals surface area contributed by atoms with Gasteiger partial charge in [0.2, 0.25) is 0 Å². The molecule has 0 fully saturated rings. The molecule has 5 nitrogen and oxygen atoms in total. The van der Waals surface area contributed by atoms with Crippen LogP contribution < -0.4 is 15.5 Å². The van der Waals surface area contributed by atoms with Gasteiger partial charge in [-0.05, 0) is 18.6 Å². The molecular weight excluding hydrogens is 290 g/mol. The van der Waals surface area contributed by atoms with E-state index in [-0.39, 0.29) is 12.5 Å². The highest BCUT2D eigenvalue weighted by molar-refractivity contribution is 6.30. The third kappa shape index (κ3) is 7.68. The van der Waals surface area contributed by atoms with Gasteiger partial charge < -0.3 is 10.2 Å². The zero-order valence-corrected chi connectivity index (χ0v) is 13.3. The summed E-state index contributed by atoms with van der Waals surface area (Å²) in [5, 5.41) is 5.68. The fourth-order valence-electron chi connectivity index (χ4n) is 1.88. The van der Waals surface area contributed by atoms with Crippen LogP contribution in [0.25, 0.3) is 0 Å². The lowest BCUT2D eigenvalue weighted by atomic mass is 10.2. The molecule has 1 aromatic carbocycles. The van der Waals surface area contributed by atoms with Gasteiger partial charge in [0.25, 0.3) is 5.91 Å². The molecule has 0 saturated carbocycles. The van der Waals surface area contributed by atoms with Gasteiger partial charge >= 0.3 is 6.03 Å². The number of quaternary nitrogens is 1. The minimum Gasteiger partial charge on any atom is -0.338 e. The average molecular weight is 313 g/mol. The van der Waals surface area contributed by atoms with Crippen molar-refractivity contribution >= 4 is 23.5 Å². The minimum atomic E-state index is -0.423. The summed E-state index contributed by atoms with van der Waals surface area (Å²) >= 11 is 5.83. The molecule has 3 amide bonds. The minimum absolute atomic E-state index is 0.240. The number of amides is 3. The maximum atomic E-state index is 11.7. The third-order valence-electron chi connectivity index (χ3n) is 2.95. The molecule has 0 saturated heterocycles. The smallest absolute Gasteiger partial charge is 0.321 e. The number of urea groups is 1. The second kappa shape index (κ2) is 9.37. The van der Waals surface area contributed by atoms with Gasteiger partial charge in [-0.15, -0.1) is 0 Å². The van der Waals surface area contributed by atoms with E-state index in [1.165, 1.54) is 0 Å². The number of nitrogens with one attached hydrogen (secondary N) is 3. The zero-order chi connectivity index (χ0) is 15.7. The number of carbonyl (C=O) groups excluding carboxylic acids is 2. The number of hydrogen-bond acceptors (Lipinski definition) is 2. The van der Waals surface area contributed by atoms with E-state index in [2.05, 4.69) is 10.6 Å². The van der Waals surface area contributed by atoms with E-state index in [1.54, 1.807) is 0 Å². The fraction of sp³-hybridized carbons (Fsp3) is 0.467. The quantitative estimate of drug-likeness (QED) is 0.657. The van der Waals surface area contributed by atoms with Crippen molar-refractivity contribution in [1.82, 2.24) is 10.6 Å². The van der Waals surface area contributed by atoms with Crippen LogP contribution in [-0.2, 0) is 11.3 Å². The predicted molar refractivity (Wildman–Crippen MR) is 83.4 cm³/mol. The Morgan fingerprint density at radius 3 is 2.52 bits per heavy atom. The van der Waals surface area contributed by atoms with Gasteiger partial charge in [-0.1, -0.05) is 37.1 Å². The first kappa shape index (κ1) is 17.5. The number of rotatable bonds is 7. The van der Waals surface area contributed by atoms with Crippen molar-refractivity contribution in [3.8, 4) is 0 Å². The lowest BCUT2D eigenvalue weighted by Gasteiger charge is -2.13. The highest BCUT2D eigenvalue weighted by Crippen LogP contribution is 2.08. The van der Waals surface area contributed by atoms with E-state index in [0.29, 0.717) is 18.1 Å². The van der Waals surface area contributed by atoms with Crippen molar-refractivity contribution in [2.75, 3.05) is 20.1 Å². The maximum Gasteiger partial charge on any atom is 0.321 e. The van der Waals surface area contributed by atoms with E-state index < -0.39 is 6.03 Å². The molecule has 0 heterocycles. The van der Waals surface area contributed by atoms with E-state index in [9.17, 15) is 9.59 Å². The van der Waals surface area contributed by atoms with E-state index in [0.717, 1.165) is 23.3 Å². The Kier molecular flexibility index (Phi) is 7.79. The number of unbranched alkanes of at least 4 members (excludes halogenated alkanes) is 1. The van der Waals surface area contributed by atoms with Gasteiger partial charge in [-0.25, -0.2) is 4.79 Å². The van der Waals surface area contributed by atoms with Gasteiger partial charge in [-0.2, -0.15) is 0 Å². The zero-order valence-electron chi connectivity index (χ0n) is 12.5. The molecule has 0 bridgehead atoms. The molecule has 3 N–H and O–H groups in total. The summed E-state index contributed by atoms with van der Waals surface area (Å²) in [4.78, 5) is 24.2.